The minimum Gasteiger partial charge on any atom is -0.497 e. The van der Waals surface area contributed by atoms with Gasteiger partial charge in [0.2, 0.25) is 0 Å². The molecule has 156 valence electrons. The van der Waals surface area contributed by atoms with Crippen LogP contribution in [0.15, 0.2) is 36.4 Å². The molecule has 1 amide bonds. The van der Waals surface area contributed by atoms with E-state index >= 15 is 0 Å². The van der Waals surface area contributed by atoms with E-state index in [1.165, 1.54) is 11.3 Å². The molecular formula is C21H25Cl2N3O2S. The number of fused-ring (bicyclic) bond motifs is 1. The summed E-state index contributed by atoms with van der Waals surface area (Å²) in [5, 5.41) is 1.37. The summed E-state index contributed by atoms with van der Waals surface area (Å²) in [7, 11) is 5.65. The Morgan fingerprint density at radius 3 is 2.66 bits per heavy atom. The van der Waals surface area contributed by atoms with Crippen molar-refractivity contribution in [1.29, 1.82) is 0 Å². The molecule has 3 aromatic rings. The van der Waals surface area contributed by atoms with Gasteiger partial charge in [-0.3, -0.25) is 9.69 Å². The molecule has 8 heteroatoms. The zero-order valence-electron chi connectivity index (χ0n) is 16.9. The number of hydrogen-bond acceptors (Lipinski definition) is 5. The van der Waals surface area contributed by atoms with Crippen LogP contribution < -0.4 is 9.64 Å². The van der Waals surface area contributed by atoms with Gasteiger partial charge in [-0.15, -0.1) is 12.4 Å². The SMILES string of the molecule is COc1cccc(C(=O)N(CCCN(C)C)c2nc3c(C)cc(Cl)cc3s2)c1.Cl. The van der Waals surface area contributed by atoms with Crippen LogP contribution in [-0.4, -0.2) is 50.1 Å². The lowest BCUT2D eigenvalue weighted by atomic mass is 10.2. The summed E-state index contributed by atoms with van der Waals surface area (Å²) in [5.74, 6) is 0.575. The van der Waals surface area contributed by atoms with Crippen LogP contribution in [0.25, 0.3) is 10.2 Å². The first-order chi connectivity index (χ1) is 13.4. The molecular weight excluding hydrogens is 429 g/mol. The summed E-state index contributed by atoms with van der Waals surface area (Å²) in [6, 6.07) is 11.0. The Balaban J connectivity index is 0.00000300. The molecule has 0 aliphatic carbocycles. The molecule has 0 aliphatic rings. The van der Waals surface area contributed by atoms with Gasteiger partial charge in [-0.05, 0) is 69.9 Å². The number of benzene rings is 2. The Labute approximate surface area is 186 Å². The molecule has 1 heterocycles. The molecule has 0 saturated carbocycles. The van der Waals surface area contributed by atoms with Gasteiger partial charge in [0.05, 0.1) is 17.3 Å². The van der Waals surface area contributed by atoms with Gasteiger partial charge in [-0.2, -0.15) is 0 Å². The van der Waals surface area contributed by atoms with Gasteiger partial charge in [0, 0.05) is 17.1 Å². The maximum Gasteiger partial charge on any atom is 0.260 e. The van der Waals surface area contributed by atoms with Gasteiger partial charge in [-0.25, -0.2) is 4.98 Å². The lowest BCUT2D eigenvalue weighted by Crippen LogP contribution is -2.33. The molecule has 0 radical (unpaired) electrons. The number of methoxy groups -OCH3 is 1. The summed E-state index contributed by atoms with van der Waals surface area (Å²) in [4.78, 5) is 21.9. The number of amides is 1. The van der Waals surface area contributed by atoms with E-state index in [0.29, 0.717) is 28.0 Å². The number of hydrogen-bond donors (Lipinski definition) is 0. The van der Waals surface area contributed by atoms with Crippen LogP contribution >= 0.6 is 35.3 Å². The van der Waals surface area contributed by atoms with Crippen molar-refractivity contribution in [2.75, 3.05) is 39.2 Å². The van der Waals surface area contributed by atoms with E-state index in [0.717, 1.165) is 28.7 Å². The van der Waals surface area contributed by atoms with E-state index in [2.05, 4.69) is 4.90 Å². The normalized spacial score (nSPS) is 10.8. The fourth-order valence-corrected chi connectivity index (χ4v) is 4.44. The van der Waals surface area contributed by atoms with Crippen LogP contribution in [0.3, 0.4) is 0 Å². The smallest absolute Gasteiger partial charge is 0.260 e. The number of aromatic nitrogens is 1. The van der Waals surface area contributed by atoms with Crippen molar-refractivity contribution < 1.29 is 9.53 Å². The predicted molar refractivity (Wildman–Crippen MR) is 124 cm³/mol. The minimum absolute atomic E-state index is 0. The number of thiazole rings is 1. The monoisotopic (exact) mass is 453 g/mol. The first-order valence-electron chi connectivity index (χ1n) is 9.06. The first-order valence-corrected chi connectivity index (χ1v) is 10.3. The molecule has 0 atom stereocenters. The maximum absolute atomic E-state index is 13.3. The molecule has 1 aromatic heterocycles. The molecule has 0 N–H and O–H groups in total. The quantitative estimate of drug-likeness (QED) is 0.487. The van der Waals surface area contributed by atoms with Gasteiger partial charge in [-0.1, -0.05) is 29.0 Å². The standard InChI is InChI=1S/C21H24ClN3O2S.ClH/c1-14-11-16(22)13-18-19(14)23-21(28-18)25(10-6-9-24(2)3)20(26)15-7-5-8-17(12-15)27-4;/h5,7-8,11-13H,6,9-10H2,1-4H3;1H. The third kappa shape index (κ3) is 5.60. The number of nitrogens with zero attached hydrogens (tertiary/aromatic N) is 3. The maximum atomic E-state index is 13.3. The predicted octanol–water partition coefficient (Wildman–Crippen LogP) is 5.29. The number of halogens is 2. The zero-order chi connectivity index (χ0) is 20.3. The third-order valence-corrected chi connectivity index (χ3v) is 5.66. The van der Waals surface area contributed by atoms with Crippen LogP contribution in [0.2, 0.25) is 5.02 Å². The molecule has 29 heavy (non-hydrogen) atoms. The third-order valence-electron chi connectivity index (χ3n) is 4.42. The summed E-state index contributed by atoms with van der Waals surface area (Å²) < 4.78 is 6.26. The van der Waals surface area contributed by atoms with Gasteiger partial charge >= 0.3 is 0 Å². The Hall–Kier alpha value is -1.86. The second-order valence-corrected chi connectivity index (χ2v) is 8.36. The van der Waals surface area contributed by atoms with Crippen LogP contribution in [-0.2, 0) is 0 Å². The molecule has 2 aromatic carbocycles. The molecule has 0 saturated heterocycles. The van der Waals surface area contributed by atoms with Crippen LogP contribution in [0.1, 0.15) is 22.3 Å². The van der Waals surface area contributed by atoms with Gasteiger partial charge in [0.25, 0.3) is 5.91 Å². The summed E-state index contributed by atoms with van der Waals surface area (Å²) in [6.07, 6.45) is 0.846. The lowest BCUT2D eigenvalue weighted by molar-refractivity contribution is 0.0985. The lowest BCUT2D eigenvalue weighted by Gasteiger charge is -2.21. The molecule has 0 fully saturated rings. The van der Waals surface area contributed by atoms with Gasteiger partial charge in [0.15, 0.2) is 5.13 Å². The largest absolute Gasteiger partial charge is 0.497 e. The van der Waals surface area contributed by atoms with E-state index in [4.69, 9.17) is 21.3 Å². The first kappa shape index (κ1) is 23.4. The summed E-state index contributed by atoms with van der Waals surface area (Å²) in [5.41, 5.74) is 2.48. The highest BCUT2D eigenvalue weighted by molar-refractivity contribution is 7.22. The Bertz CT molecular complexity index is 991. The second-order valence-electron chi connectivity index (χ2n) is 6.91. The minimum atomic E-state index is -0.0829. The average molecular weight is 454 g/mol. The highest BCUT2D eigenvalue weighted by atomic mass is 35.5. The van der Waals surface area contributed by atoms with E-state index in [-0.39, 0.29) is 18.3 Å². The van der Waals surface area contributed by atoms with Crippen molar-refractivity contribution in [3.05, 3.63) is 52.5 Å². The van der Waals surface area contributed by atoms with Crippen molar-refractivity contribution in [1.82, 2.24) is 9.88 Å². The van der Waals surface area contributed by atoms with Crippen molar-refractivity contribution in [3.8, 4) is 5.75 Å². The molecule has 0 spiro atoms. The van der Waals surface area contributed by atoms with Crippen molar-refractivity contribution in [3.63, 3.8) is 0 Å². The fraction of sp³-hybridized carbons (Fsp3) is 0.333. The highest BCUT2D eigenvalue weighted by Gasteiger charge is 2.22. The summed E-state index contributed by atoms with van der Waals surface area (Å²) in [6.45, 7) is 3.45. The Morgan fingerprint density at radius 2 is 1.97 bits per heavy atom. The molecule has 0 unspecified atom stereocenters. The number of carbonyl (C=O) groups is 1. The number of aryl methyl sites for hydroxylation is 1. The molecule has 3 rings (SSSR count). The Morgan fingerprint density at radius 1 is 1.21 bits per heavy atom. The summed E-state index contributed by atoms with van der Waals surface area (Å²) >= 11 is 7.69. The molecule has 0 aliphatic heterocycles. The van der Waals surface area contributed by atoms with Crippen LogP contribution in [0, 0.1) is 6.92 Å². The van der Waals surface area contributed by atoms with Gasteiger partial charge < -0.3 is 9.64 Å². The topological polar surface area (TPSA) is 45.7 Å². The van der Waals surface area contributed by atoms with E-state index < -0.39 is 0 Å². The number of carbonyl (C=O) groups excluding carboxylic acids is 1. The number of anilines is 1. The van der Waals surface area contributed by atoms with E-state index in [1.807, 2.05) is 45.3 Å². The van der Waals surface area contributed by atoms with Crippen LogP contribution in [0.5, 0.6) is 5.75 Å². The van der Waals surface area contributed by atoms with Crippen molar-refractivity contribution >= 4 is 56.6 Å². The molecule has 5 nitrogen and oxygen atoms in total. The average Bonchev–Trinajstić information content (AvgIpc) is 3.08. The van der Waals surface area contributed by atoms with Crippen LogP contribution in [0.4, 0.5) is 5.13 Å². The van der Waals surface area contributed by atoms with E-state index in [9.17, 15) is 4.79 Å². The molecule has 0 bridgehead atoms. The zero-order valence-corrected chi connectivity index (χ0v) is 19.3. The number of rotatable bonds is 7. The van der Waals surface area contributed by atoms with Crippen molar-refractivity contribution in [2.24, 2.45) is 0 Å². The second kappa shape index (κ2) is 10.3. The number of ether oxygens (including phenoxy) is 1. The highest BCUT2D eigenvalue weighted by Crippen LogP contribution is 2.34. The Kier molecular flexibility index (Phi) is 8.28. The van der Waals surface area contributed by atoms with E-state index in [1.54, 1.807) is 24.1 Å². The van der Waals surface area contributed by atoms with Crippen molar-refractivity contribution in [2.45, 2.75) is 13.3 Å². The fourth-order valence-electron chi connectivity index (χ4n) is 3.00. The van der Waals surface area contributed by atoms with Gasteiger partial charge in [0.1, 0.15) is 5.75 Å².